The molecule has 0 amide bonds. The Hall–Kier alpha value is -0.600. The van der Waals surface area contributed by atoms with Crippen molar-refractivity contribution in [1.29, 1.82) is 5.26 Å². The average molecular weight is 306 g/mol. The first kappa shape index (κ1) is 10.5. The molecule has 1 aromatic rings. The highest BCUT2D eigenvalue weighted by Crippen LogP contribution is 2.17. The minimum absolute atomic E-state index is 0.152. The molecule has 0 aliphatic carbocycles. The van der Waals surface area contributed by atoms with Gasteiger partial charge in [0.05, 0.1) is 0 Å². The lowest BCUT2D eigenvalue weighted by molar-refractivity contribution is 0.804. The van der Waals surface area contributed by atoms with Crippen LogP contribution in [0.3, 0.4) is 0 Å². The molecule has 1 aromatic heterocycles. The molecule has 0 radical (unpaired) electrons. The van der Waals surface area contributed by atoms with E-state index in [1.807, 2.05) is 6.07 Å². The highest BCUT2D eigenvalue weighted by atomic mass is 79.9. The lowest BCUT2D eigenvalue weighted by Gasteiger charge is -2.07. The first-order valence-electron chi connectivity index (χ1n) is 3.46. The fraction of sp³-hybridized carbons (Fsp3) is 0.250. The standard InChI is InChI=1S/C8H6Br2N2O/c1-12-7(3-9)6(10)2-5(4-11)8(12)13/h2H,3H2,1H3. The lowest BCUT2D eigenvalue weighted by Crippen LogP contribution is -2.22. The number of hydrogen-bond donors (Lipinski definition) is 0. The second-order valence-corrected chi connectivity index (χ2v) is 3.88. The monoisotopic (exact) mass is 304 g/mol. The molecule has 5 heteroatoms. The summed E-state index contributed by atoms with van der Waals surface area (Å²) in [7, 11) is 1.64. The Labute approximate surface area is 92.2 Å². The van der Waals surface area contributed by atoms with Crippen molar-refractivity contribution < 1.29 is 0 Å². The third-order valence-electron chi connectivity index (χ3n) is 1.73. The van der Waals surface area contributed by atoms with Crippen molar-refractivity contribution in [2.24, 2.45) is 7.05 Å². The normalized spacial score (nSPS) is 9.69. The van der Waals surface area contributed by atoms with E-state index in [1.54, 1.807) is 13.1 Å². The van der Waals surface area contributed by atoms with E-state index in [0.29, 0.717) is 5.33 Å². The predicted molar refractivity (Wildman–Crippen MR) is 56.7 cm³/mol. The summed E-state index contributed by atoms with van der Waals surface area (Å²) in [5.41, 5.74) is 0.711. The molecule has 0 spiro atoms. The SMILES string of the molecule is Cn1c(CBr)c(Br)cc(C#N)c1=O. The smallest absolute Gasteiger partial charge is 0.268 e. The van der Waals surface area contributed by atoms with Crippen molar-refractivity contribution >= 4 is 31.9 Å². The Morgan fingerprint density at radius 2 is 2.31 bits per heavy atom. The number of hydrogen-bond acceptors (Lipinski definition) is 2. The van der Waals surface area contributed by atoms with Crippen LogP contribution in [0.1, 0.15) is 11.3 Å². The van der Waals surface area contributed by atoms with E-state index in [4.69, 9.17) is 5.26 Å². The average Bonchev–Trinajstić information content (AvgIpc) is 2.12. The minimum Gasteiger partial charge on any atom is -0.313 e. The van der Waals surface area contributed by atoms with Gasteiger partial charge in [-0.2, -0.15) is 5.26 Å². The molecule has 0 N–H and O–H groups in total. The molecular weight excluding hydrogens is 300 g/mol. The lowest BCUT2D eigenvalue weighted by atomic mass is 10.2. The maximum atomic E-state index is 11.4. The molecule has 0 aliphatic rings. The second-order valence-electron chi connectivity index (χ2n) is 2.46. The van der Waals surface area contributed by atoms with Crippen molar-refractivity contribution in [3.8, 4) is 6.07 Å². The van der Waals surface area contributed by atoms with Gasteiger partial charge in [0.25, 0.3) is 5.56 Å². The molecule has 1 heterocycles. The summed E-state index contributed by atoms with van der Waals surface area (Å²) in [5.74, 6) is 0. The number of nitriles is 1. The molecule has 0 atom stereocenters. The summed E-state index contributed by atoms with van der Waals surface area (Å²) in [6.45, 7) is 0. The van der Waals surface area contributed by atoms with Gasteiger partial charge in [-0.25, -0.2) is 0 Å². The molecule has 1 rings (SSSR count). The zero-order valence-electron chi connectivity index (χ0n) is 6.84. The molecule has 0 saturated heterocycles. The topological polar surface area (TPSA) is 45.8 Å². The Balaban J connectivity index is 3.58. The summed E-state index contributed by atoms with van der Waals surface area (Å²) in [5, 5.41) is 9.21. The molecule has 3 nitrogen and oxygen atoms in total. The van der Waals surface area contributed by atoms with Gasteiger partial charge in [-0.15, -0.1) is 0 Å². The van der Waals surface area contributed by atoms with Crippen LogP contribution in [0.2, 0.25) is 0 Å². The van der Waals surface area contributed by atoms with Crippen LogP contribution in [0.5, 0.6) is 0 Å². The Morgan fingerprint density at radius 3 is 2.77 bits per heavy atom. The van der Waals surface area contributed by atoms with E-state index >= 15 is 0 Å². The first-order chi connectivity index (χ1) is 6.11. The quantitative estimate of drug-likeness (QED) is 0.744. The summed E-state index contributed by atoms with van der Waals surface area (Å²) in [4.78, 5) is 11.4. The van der Waals surface area contributed by atoms with Gasteiger partial charge < -0.3 is 4.57 Å². The molecule has 0 unspecified atom stereocenters. The number of nitrogens with zero attached hydrogens (tertiary/aromatic N) is 2. The summed E-state index contributed by atoms with van der Waals surface area (Å²) in [6, 6.07) is 3.39. The van der Waals surface area contributed by atoms with Crippen molar-refractivity contribution in [2.75, 3.05) is 0 Å². The van der Waals surface area contributed by atoms with E-state index < -0.39 is 0 Å². The fourth-order valence-corrected chi connectivity index (χ4v) is 2.66. The van der Waals surface area contributed by atoms with E-state index in [-0.39, 0.29) is 11.1 Å². The van der Waals surface area contributed by atoms with Crippen molar-refractivity contribution in [1.82, 2.24) is 4.57 Å². The highest BCUT2D eigenvalue weighted by molar-refractivity contribution is 9.10. The van der Waals surface area contributed by atoms with Gasteiger partial charge in [0.1, 0.15) is 11.6 Å². The van der Waals surface area contributed by atoms with E-state index in [9.17, 15) is 4.79 Å². The molecule has 0 fully saturated rings. The van der Waals surface area contributed by atoms with Crippen LogP contribution in [-0.4, -0.2) is 4.57 Å². The molecular formula is C8H6Br2N2O. The van der Waals surface area contributed by atoms with Crippen LogP contribution in [0.25, 0.3) is 0 Å². The predicted octanol–water partition coefficient (Wildman–Crippen LogP) is 1.91. The maximum absolute atomic E-state index is 11.4. The van der Waals surface area contributed by atoms with Crippen LogP contribution >= 0.6 is 31.9 Å². The third kappa shape index (κ3) is 1.84. The number of rotatable bonds is 1. The van der Waals surface area contributed by atoms with Gasteiger partial charge in [0.15, 0.2) is 0 Å². The number of halogens is 2. The molecule has 0 aromatic carbocycles. The minimum atomic E-state index is -0.264. The van der Waals surface area contributed by atoms with Crippen LogP contribution in [0.4, 0.5) is 0 Å². The second kappa shape index (κ2) is 4.07. The number of aromatic nitrogens is 1. The van der Waals surface area contributed by atoms with Gasteiger partial charge >= 0.3 is 0 Å². The Bertz CT molecular complexity index is 431. The number of alkyl halides is 1. The maximum Gasteiger partial charge on any atom is 0.268 e. The van der Waals surface area contributed by atoms with Gasteiger partial charge in [-0.3, -0.25) is 4.79 Å². The van der Waals surface area contributed by atoms with Gasteiger partial charge in [-0.05, 0) is 22.0 Å². The van der Waals surface area contributed by atoms with Gasteiger partial charge in [0, 0.05) is 22.5 Å². The van der Waals surface area contributed by atoms with E-state index in [2.05, 4.69) is 31.9 Å². The van der Waals surface area contributed by atoms with E-state index in [1.165, 1.54) is 4.57 Å². The van der Waals surface area contributed by atoms with Crippen LogP contribution in [0, 0.1) is 11.3 Å². The van der Waals surface area contributed by atoms with E-state index in [0.717, 1.165) is 10.2 Å². The molecule has 68 valence electrons. The molecule has 0 aliphatic heterocycles. The Morgan fingerprint density at radius 1 is 1.69 bits per heavy atom. The van der Waals surface area contributed by atoms with Gasteiger partial charge in [0.2, 0.25) is 0 Å². The van der Waals surface area contributed by atoms with Gasteiger partial charge in [-0.1, -0.05) is 15.9 Å². The zero-order valence-corrected chi connectivity index (χ0v) is 10.0. The van der Waals surface area contributed by atoms with Crippen molar-refractivity contribution in [2.45, 2.75) is 5.33 Å². The van der Waals surface area contributed by atoms with Crippen molar-refractivity contribution in [3.05, 3.63) is 32.2 Å². The fourth-order valence-electron chi connectivity index (χ4n) is 0.969. The molecule has 13 heavy (non-hydrogen) atoms. The Kier molecular flexibility index (Phi) is 3.28. The highest BCUT2D eigenvalue weighted by Gasteiger charge is 2.08. The molecule has 0 saturated carbocycles. The van der Waals surface area contributed by atoms with Crippen LogP contribution in [-0.2, 0) is 12.4 Å². The zero-order chi connectivity index (χ0) is 10.0. The third-order valence-corrected chi connectivity index (χ3v) is 2.95. The summed E-state index contributed by atoms with van der Waals surface area (Å²) < 4.78 is 2.22. The van der Waals surface area contributed by atoms with Crippen LogP contribution < -0.4 is 5.56 Å². The first-order valence-corrected chi connectivity index (χ1v) is 5.37. The van der Waals surface area contributed by atoms with Crippen molar-refractivity contribution in [3.63, 3.8) is 0 Å². The summed E-state index contributed by atoms with van der Waals surface area (Å²) in [6.07, 6.45) is 0. The van der Waals surface area contributed by atoms with Crippen LogP contribution in [0.15, 0.2) is 15.3 Å². The number of pyridine rings is 1. The summed E-state index contributed by atoms with van der Waals surface area (Å²) >= 11 is 6.56. The molecule has 0 bridgehead atoms. The largest absolute Gasteiger partial charge is 0.313 e.